The van der Waals surface area contributed by atoms with Crippen molar-refractivity contribution in [1.82, 2.24) is 0 Å². The lowest BCUT2D eigenvalue weighted by atomic mass is 10.2. The second kappa shape index (κ2) is 5.62. The molecule has 0 saturated carbocycles. The SMILES string of the molecule is CC(=O)OCc1ccc(-c2cccc([N+](=O)[O-])c2)s1. The van der Waals surface area contributed by atoms with Crippen LogP contribution in [0.15, 0.2) is 36.4 Å². The summed E-state index contributed by atoms with van der Waals surface area (Å²) in [6.07, 6.45) is 0. The van der Waals surface area contributed by atoms with Crippen molar-refractivity contribution in [1.29, 1.82) is 0 Å². The molecule has 0 aliphatic heterocycles. The first-order valence-electron chi connectivity index (χ1n) is 5.53. The molecule has 0 saturated heterocycles. The van der Waals surface area contributed by atoms with E-state index in [4.69, 9.17) is 4.74 Å². The number of nitrogens with zero attached hydrogens (tertiary/aromatic N) is 1. The van der Waals surface area contributed by atoms with E-state index in [1.165, 1.54) is 30.4 Å². The van der Waals surface area contributed by atoms with Crippen molar-refractivity contribution in [3.05, 3.63) is 51.4 Å². The van der Waals surface area contributed by atoms with Crippen LogP contribution in [0.3, 0.4) is 0 Å². The number of ether oxygens (including phenoxy) is 1. The lowest BCUT2D eigenvalue weighted by Crippen LogP contribution is -1.96. The Hall–Kier alpha value is -2.21. The van der Waals surface area contributed by atoms with Crippen LogP contribution in [0.25, 0.3) is 10.4 Å². The van der Waals surface area contributed by atoms with Crippen LogP contribution in [0.4, 0.5) is 5.69 Å². The second-order valence-corrected chi connectivity index (χ2v) is 5.02. The van der Waals surface area contributed by atoms with E-state index in [2.05, 4.69) is 0 Å². The van der Waals surface area contributed by atoms with E-state index in [-0.39, 0.29) is 18.3 Å². The van der Waals surface area contributed by atoms with Crippen LogP contribution in [-0.2, 0) is 16.1 Å². The zero-order valence-electron chi connectivity index (χ0n) is 10.2. The number of rotatable bonds is 4. The molecule has 0 atom stereocenters. The van der Waals surface area contributed by atoms with Gasteiger partial charge >= 0.3 is 5.97 Å². The second-order valence-electron chi connectivity index (χ2n) is 3.85. The molecule has 19 heavy (non-hydrogen) atoms. The number of carbonyl (C=O) groups excluding carboxylic acids is 1. The van der Waals surface area contributed by atoms with Crippen LogP contribution in [0.1, 0.15) is 11.8 Å². The molecule has 0 spiro atoms. The van der Waals surface area contributed by atoms with Crippen LogP contribution >= 0.6 is 11.3 Å². The number of nitro groups is 1. The van der Waals surface area contributed by atoms with Crippen molar-refractivity contribution in [3.8, 4) is 10.4 Å². The van der Waals surface area contributed by atoms with Crippen molar-refractivity contribution >= 4 is 23.0 Å². The molecule has 6 heteroatoms. The minimum absolute atomic E-state index is 0.0624. The molecule has 2 aromatic rings. The average molecular weight is 277 g/mol. The van der Waals surface area contributed by atoms with Gasteiger partial charge in [0, 0.05) is 28.8 Å². The highest BCUT2D eigenvalue weighted by atomic mass is 32.1. The molecule has 98 valence electrons. The Labute approximate surface area is 113 Å². The zero-order valence-corrected chi connectivity index (χ0v) is 11.0. The van der Waals surface area contributed by atoms with Gasteiger partial charge in [-0.2, -0.15) is 0 Å². The molecule has 1 aromatic carbocycles. The van der Waals surface area contributed by atoms with Gasteiger partial charge in [-0.05, 0) is 17.7 Å². The predicted molar refractivity (Wildman–Crippen MR) is 71.9 cm³/mol. The number of benzene rings is 1. The quantitative estimate of drug-likeness (QED) is 0.488. The van der Waals surface area contributed by atoms with Gasteiger partial charge in [-0.3, -0.25) is 14.9 Å². The lowest BCUT2D eigenvalue weighted by Gasteiger charge is -1.98. The molecule has 1 heterocycles. The predicted octanol–water partition coefficient (Wildman–Crippen LogP) is 3.39. The van der Waals surface area contributed by atoms with E-state index in [0.717, 1.165) is 15.3 Å². The Morgan fingerprint density at radius 1 is 1.37 bits per heavy atom. The maximum atomic E-state index is 10.7. The van der Waals surface area contributed by atoms with Crippen LogP contribution in [0, 0.1) is 10.1 Å². The molecule has 0 radical (unpaired) electrons. The molecule has 1 aromatic heterocycles. The van der Waals surface area contributed by atoms with Gasteiger partial charge in [-0.15, -0.1) is 11.3 Å². The Morgan fingerprint density at radius 2 is 2.16 bits per heavy atom. The summed E-state index contributed by atoms with van der Waals surface area (Å²) in [4.78, 5) is 22.8. The lowest BCUT2D eigenvalue weighted by molar-refractivity contribution is -0.384. The first-order valence-corrected chi connectivity index (χ1v) is 6.35. The Bertz CT molecular complexity index is 621. The smallest absolute Gasteiger partial charge is 0.302 e. The van der Waals surface area contributed by atoms with Crippen LogP contribution in [-0.4, -0.2) is 10.9 Å². The maximum absolute atomic E-state index is 10.7. The van der Waals surface area contributed by atoms with Gasteiger partial charge in [0.2, 0.25) is 0 Å². The largest absolute Gasteiger partial charge is 0.460 e. The highest BCUT2D eigenvalue weighted by molar-refractivity contribution is 7.15. The summed E-state index contributed by atoms with van der Waals surface area (Å²) < 4.78 is 4.90. The summed E-state index contributed by atoms with van der Waals surface area (Å²) >= 11 is 1.45. The molecule has 0 aliphatic rings. The normalized spacial score (nSPS) is 10.2. The van der Waals surface area contributed by atoms with Crippen molar-refractivity contribution in [2.45, 2.75) is 13.5 Å². The minimum atomic E-state index is -0.420. The standard InChI is InChI=1S/C13H11NO4S/c1-9(15)18-8-12-5-6-13(19-12)10-3-2-4-11(7-10)14(16)17/h2-7H,8H2,1H3. The fraction of sp³-hybridized carbons (Fsp3) is 0.154. The molecular formula is C13H11NO4S. The van der Waals surface area contributed by atoms with Crippen molar-refractivity contribution in [3.63, 3.8) is 0 Å². The molecule has 0 aliphatic carbocycles. The van der Waals surface area contributed by atoms with E-state index >= 15 is 0 Å². The summed E-state index contributed by atoms with van der Waals surface area (Å²) in [6, 6.07) is 10.2. The van der Waals surface area contributed by atoms with Gasteiger partial charge in [0.25, 0.3) is 5.69 Å². The van der Waals surface area contributed by atoms with Gasteiger partial charge in [0.15, 0.2) is 0 Å². The van der Waals surface area contributed by atoms with E-state index in [9.17, 15) is 14.9 Å². The van der Waals surface area contributed by atoms with E-state index in [1.807, 2.05) is 18.2 Å². The molecule has 0 N–H and O–H groups in total. The van der Waals surface area contributed by atoms with Gasteiger partial charge < -0.3 is 4.74 Å². The van der Waals surface area contributed by atoms with E-state index in [0.29, 0.717) is 0 Å². The fourth-order valence-electron chi connectivity index (χ4n) is 1.56. The maximum Gasteiger partial charge on any atom is 0.302 e. The Morgan fingerprint density at radius 3 is 2.84 bits per heavy atom. The van der Waals surface area contributed by atoms with Crippen molar-refractivity contribution in [2.24, 2.45) is 0 Å². The average Bonchev–Trinajstić information content (AvgIpc) is 2.85. The van der Waals surface area contributed by atoms with Gasteiger partial charge in [0.1, 0.15) is 6.61 Å². The van der Waals surface area contributed by atoms with Gasteiger partial charge in [-0.1, -0.05) is 12.1 Å². The van der Waals surface area contributed by atoms with Gasteiger partial charge in [-0.25, -0.2) is 0 Å². The summed E-state index contributed by atoms with van der Waals surface area (Å²) in [6.45, 7) is 1.59. The number of thiophene rings is 1. The number of hydrogen-bond donors (Lipinski definition) is 0. The molecule has 0 unspecified atom stereocenters. The number of hydrogen-bond acceptors (Lipinski definition) is 5. The molecular weight excluding hydrogens is 266 g/mol. The summed E-state index contributed by atoms with van der Waals surface area (Å²) in [5, 5.41) is 10.7. The third-order valence-electron chi connectivity index (χ3n) is 2.42. The molecule has 0 fully saturated rings. The first kappa shape index (κ1) is 13.2. The first-order chi connectivity index (χ1) is 9.06. The molecule has 2 rings (SSSR count). The van der Waals surface area contributed by atoms with E-state index in [1.54, 1.807) is 6.07 Å². The third kappa shape index (κ3) is 3.38. The van der Waals surface area contributed by atoms with E-state index < -0.39 is 4.92 Å². The topological polar surface area (TPSA) is 69.4 Å². The minimum Gasteiger partial charge on any atom is -0.460 e. The summed E-state index contributed by atoms with van der Waals surface area (Å²) in [5.41, 5.74) is 0.848. The fourth-order valence-corrected chi connectivity index (χ4v) is 2.47. The molecule has 0 bridgehead atoms. The number of nitro benzene ring substituents is 1. The van der Waals surface area contributed by atoms with Crippen molar-refractivity contribution in [2.75, 3.05) is 0 Å². The van der Waals surface area contributed by atoms with Gasteiger partial charge in [0.05, 0.1) is 4.92 Å². The monoisotopic (exact) mass is 277 g/mol. The highest BCUT2D eigenvalue weighted by Crippen LogP contribution is 2.30. The molecule has 0 amide bonds. The molecule has 5 nitrogen and oxygen atoms in total. The highest BCUT2D eigenvalue weighted by Gasteiger charge is 2.09. The number of esters is 1. The Balaban J connectivity index is 2.20. The number of carbonyl (C=O) groups is 1. The number of non-ortho nitro benzene ring substituents is 1. The summed E-state index contributed by atoms with van der Waals surface area (Å²) in [7, 11) is 0. The third-order valence-corrected chi connectivity index (χ3v) is 3.53. The Kier molecular flexibility index (Phi) is 3.91. The zero-order chi connectivity index (χ0) is 13.8. The van der Waals surface area contributed by atoms with Crippen LogP contribution in [0.5, 0.6) is 0 Å². The summed E-state index contributed by atoms with van der Waals surface area (Å²) in [5.74, 6) is -0.328. The van der Waals surface area contributed by atoms with Crippen molar-refractivity contribution < 1.29 is 14.5 Å². The van der Waals surface area contributed by atoms with Crippen LogP contribution in [0.2, 0.25) is 0 Å². The van der Waals surface area contributed by atoms with Crippen LogP contribution < -0.4 is 0 Å².